The monoisotopic (exact) mass is 319 g/mol. The van der Waals surface area contributed by atoms with E-state index in [9.17, 15) is 5.11 Å². The van der Waals surface area contributed by atoms with Gasteiger partial charge in [0.1, 0.15) is 18.2 Å². The molecule has 1 aliphatic rings. The number of hydrogen-bond acceptors (Lipinski definition) is 7. The van der Waals surface area contributed by atoms with Gasteiger partial charge in [0.2, 0.25) is 0 Å². The van der Waals surface area contributed by atoms with Crippen molar-refractivity contribution in [2.45, 2.75) is 25.0 Å². The number of rotatable bonds is 5. The Kier molecular flexibility index (Phi) is 4.97. The normalized spacial score (nSPS) is 18.3. The highest BCUT2D eigenvalue weighted by Gasteiger charge is 2.25. The fourth-order valence-electron chi connectivity index (χ4n) is 2.89. The van der Waals surface area contributed by atoms with Gasteiger partial charge in [0.05, 0.1) is 11.2 Å². The van der Waals surface area contributed by atoms with E-state index in [1.54, 1.807) is 18.0 Å². The maximum Gasteiger partial charge on any atom is 0.131 e. The second kappa shape index (κ2) is 7.13. The lowest BCUT2D eigenvalue weighted by Gasteiger charge is -2.37. The van der Waals surface area contributed by atoms with Gasteiger partial charge in [-0.25, -0.2) is 15.0 Å². The van der Waals surface area contributed by atoms with E-state index in [1.165, 1.54) is 11.3 Å². The average Bonchev–Trinajstić information content (AvgIpc) is 3.10. The molecular weight excluding hydrogens is 298 g/mol. The van der Waals surface area contributed by atoms with E-state index < -0.39 is 6.10 Å². The number of β-amino-alcohol motifs (C(OH)–C–C–N with tert-alkyl or cyclic N) is 1. The van der Waals surface area contributed by atoms with Gasteiger partial charge in [-0.3, -0.25) is 0 Å². The summed E-state index contributed by atoms with van der Waals surface area (Å²) in [5, 5.41) is 12.1. The van der Waals surface area contributed by atoms with Crippen LogP contribution < -0.4 is 4.90 Å². The van der Waals surface area contributed by atoms with Gasteiger partial charge in [-0.05, 0) is 18.9 Å². The van der Waals surface area contributed by atoms with Crippen molar-refractivity contribution in [3.8, 4) is 0 Å². The van der Waals surface area contributed by atoms with E-state index in [1.807, 2.05) is 11.4 Å². The van der Waals surface area contributed by atoms with Crippen LogP contribution in [0.1, 0.15) is 24.6 Å². The maximum absolute atomic E-state index is 10.2. The number of nitrogens with zero attached hydrogens (tertiary/aromatic N) is 5. The van der Waals surface area contributed by atoms with Gasteiger partial charge in [-0.1, -0.05) is 0 Å². The van der Waals surface area contributed by atoms with Crippen LogP contribution in [-0.4, -0.2) is 57.7 Å². The number of likely N-dealkylation sites (tertiary alicyclic amines) is 1. The fourth-order valence-corrected chi connectivity index (χ4v) is 3.49. The fraction of sp³-hybridized carbons (Fsp3) is 0.533. The Balaban J connectivity index is 1.50. The zero-order valence-corrected chi connectivity index (χ0v) is 13.5. The van der Waals surface area contributed by atoms with E-state index in [4.69, 9.17) is 0 Å². The Morgan fingerprint density at radius 2 is 2.23 bits per heavy atom. The van der Waals surface area contributed by atoms with Gasteiger partial charge in [0.25, 0.3) is 0 Å². The molecule has 1 aliphatic heterocycles. The molecule has 0 saturated carbocycles. The molecule has 1 fully saturated rings. The van der Waals surface area contributed by atoms with Crippen LogP contribution in [0.2, 0.25) is 0 Å². The van der Waals surface area contributed by atoms with Crippen LogP contribution in [-0.2, 0) is 0 Å². The van der Waals surface area contributed by atoms with Crippen molar-refractivity contribution in [3.63, 3.8) is 0 Å². The first-order valence-electron chi connectivity index (χ1n) is 7.51. The summed E-state index contributed by atoms with van der Waals surface area (Å²) in [6, 6.07) is 2.43. The summed E-state index contributed by atoms with van der Waals surface area (Å²) in [7, 11) is 2.09. The molecule has 1 unspecified atom stereocenters. The van der Waals surface area contributed by atoms with Crippen molar-refractivity contribution in [2.75, 3.05) is 31.6 Å². The first-order valence-corrected chi connectivity index (χ1v) is 8.45. The van der Waals surface area contributed by atoms with Crippen LogP contribution in [0.15, 0.2) is 29.5 Å². The summed E-state index contributed by atoms with van der Waals surface area (Å²) in [6.45, 7) is 2.64. The van der Waals surface area contributed by atoms with Crippen molar-refractivity contribution in [1.29, 1.82) is 0 Å². The Morgan fingerprint density at radius 1 is 1.41 bits per heavy atom. The summed E-state index contributed by atoms with van der Waals surface area (Å²) in [6.07, 6.45) is 5.03. The van der Waals surface area contributed by atoms with Gasteiger partial charge < -0.3 is 14.9 Å². The molecule has 3 rings (SSSR count). The number of hydrogen-bond donors (Lipinski definition) is 1. The molecule has 0 radical (unpaired) electrons. The van der Waals surface area contributed by atoms with E-state index >= 15 is 0 Å². The van der Waals surface area contributed by atoms with E-state index in [0.717, 1.165) is 37.4 Å². The van der Waals surface area contributed by atoms with E-state index in [2.05, 4.69) is 31.8 Å². The highest BCUT2D eigenvalue weighted by atomic mass is 32.1. The molecule has 1 N–H and O–H groups in total. The SMILES string of the molecule is CN(c1ccncn1)C1CCN(CC(O)c2cscn2)CC1. The minimum absolute atomic E-state index is 0.484. The van der Waals surface area contributed by atoms with Crippen molar-refractivity contribution in [2.24, 2.45) is 0 Å². The van der Waals surface area contributed by atoms with Gasteiger partial charge in [0.15, 0.2) is 0 Å². The van der Waals surface area contributed by atoms with Crippen molar-refractivity contribution >= 4 is 17.2 Å². The second-order valence-electron chi connectivity index (χ2n) is 5.64. The molecule has 0 spiro atoms. The van der Waals surface area contributed by atoms with Gasteiger partial charge >= 0.3 is 0 Å². The Bertz CT molecular complexity index is 557. The minimum Gasteiger partial charge on any atom is -0.385 e. The van der Waals surface area contributed by atoms with Crippen LogP contribution in [0.5, 0.6) is 0 Å². The molecule has 2 aromatic heterocycles. The van der Waals surface area contributed by atoms with Crippen molar-refractivity contribution in [3.05, 3.63) is 35.2 Å². The van der Waals surface area contributed by atoms with Crippen LogP contribution in [0.3, 0.4) is 0 Å². The second-order valence-corrected chi connectivity index (χ2v) is 6.36. The third-order valence-corrected chi connectivity index (χ3v) is 4.86. The molecule has 6 nitrogen and oxygen atoms in total. The zero-order valence-electron chi connectivity index (χ0n) is 12.7. The van der Waals surface area contributed by atoms with Crippen molar-refractivity contribution < 1.29 is 5.11 Å². The largest absolute Gasteiger partial charge is 0.385 e. The minimum atomic E-state index is -0.484. The molecule has 0 amide bonds. The zero-order chi connectivity index (χ0) is 15.4. The lowest BCUT2D eigenvalue weighted by atomic mass is 10.0. The third-order valence-electron chi connectivity index (χ3n) is 4.26. The Hall–Kier alpha value is -1.57. The Labute approximate surface area is 134 Å². The predicted molar refractivity (Wildman–Crippen MR) is 87.0 cm³/mol. The van der Waals surface area contributed by atoms with Gasteiger partial charge in [-0.2, -0.15) is 0 Å². The van der Waals surface area contributed by atoms with Crippen LogP contribution in [0, 0.1) is 0 Å². The molecule has 0 aliphatic carbocycles. The molecule has 0 aromatic carbocycles. The van der Waals surface area contributed by atoms with Gasteiger partial charge in [-0.15, -0.1) is 11.3 Å². The predicted octanol–water partition coefficient (Wildman–Crippen LogP) is 1.57. The first-order chi connectivity index (χ1) is 10.7. The van der Waals surface area contributed by atoms with Crippen molar-refractivity contribution in [1.82, 2.24) is 19.9 Å². The number of piperidine rings is 1. The molecule has 3 heterocycles. The molecule has 2 aromatic rings. The maximum atomic E-state index is 10.2. The first kappa shape index (κ1) is 15.3. The number of anilines is 1. The Morgan fingerprint density at radius 3 is 2.86 bits per heavy atom. The molecule has 7 heteroatoms. The number of aliphatic hydroxyl groups excluding tert-OH is 1. The van der Waals surface area contributed by atoms with Crippen LogP contribution in [0.25, 0.3) is 0 Å². The smallest absolute Gasteiger partial charge is 0.131 e. The summed E-state index contributed by atoms with van der Waals surface area (Å²) >= 11 is 1.52. The lowest BCUT2D eigenvalue weighted by Crippen LogP contribution is -2.44. The third kappa shape index (κ3) is 3.60. The molecular formula is C15H21N5OS. The highest BCUT2D eigenvalue weighted by Crippen LogP contribution is 2.22. The number of aromatic nitrogens is 3. The number of aliphatic hydroxyl groups is 1. The summed E-state index contributed by atoms with van der Waals surface area (Å²) in [5.74, 6) is 0.968. The molecule has 0 bridgehead atoms. The van der Waals surface area contributed by atoms with Gasteiger partial charge in [0, 0.05) is 44.3 Å². The van der Waals surface area contributed by atoms with E-state index in [-0.39, 0.29) is 0 Å². The average molecular weight is 319 g/mol. The standard InChI is InChI=1S/C15H21N5OS/c1-19(15-2-5-16-10-17-15)12-3-6-20(7-4-12)8-14(21)13-9-22-11-18-13/h2,5,9-12,14,21H,3-4,6-8H2,1H3. The molecule has 118 valence electrons. The molecule has 1 saturated heterocycles. The highest BCUT2D eigenvalue weighted by molar-refractivity contribution is 7.07. The lowest BCUT2D eigenvalue weighted by molar-refractivity contribution is 0.0948. The summed E-state index contributed by atoms with van der Waals surface area (Å²) in [5.41, 5.74) is 2.55. The van der Waals surface area contributed by atoms with E-state index in [0.29, 0.717) is 12.6 Å². The molecule has 1 atom stereocenters. The molecule has 22 heavy (non-hydrogen) atoms. The summed E-state index contributed by atoms with van der Waals surface area (Å²) in [4.78, 5) is 17.0. The summed E-state index contributed by atoms with van der Waals surface area (Å²) < 4.78 is 0. The van der Waals surface area contributed by atoms with Crippen LogP contribution >= 0.6 is 11.3 Å². The van der Waals surface area contributed by atoms with Crippen LogP contribution in [0.4, 0.5) is 5.82 Å². The topological polar surface area (TPSA) is 65.4 Å². The quantitative estimate of drug-likeness (QED) is 0.902. The number of thiazole rings is 1.